The molecule has 3 aromatic heterocycles. The molecule has 0 bridgehead atoms. The topological polar surface area (TPSA) is 197 Å². The molecule has 3 aliphatic rings. The normalized spacial score (nSPS) is 19.9. The highest BCUT2D eigenvalue weighted by Gasteiger charge is 2.32. The van der Waals surface area contributed by atoms with Gasteiger partial charge in [0.2, 0.25) is 17.6 Å². The zero-order valence-electron chi connectivity index (χ0n) is 33.0. The van der Waals surface area contributed by atoms with Crippen molar-refractivity contribution in [1.29, 1.82) is 0 Å². The van der Waals surface area contributed by atoms with Crippen LogP contribution in [0, 0.1) is 23.4 Å². The average Bonchev–Trinajstić information content (AvgIpc) is 3.78. The monoisotopic (exact) mass is 833 g/mol. The third kappa shape index (κ3) is 8.71. The number of fused-ring (bicyclic) bond motifs is 2. The van der Waals surface area contributed by atoms with Gasteiger partial charge in [-0.2, -0.15) is 9.49 Å². The number of piperazine rings is 1. The van der Waals surface area contributed by atoms with Crippen molar-refractivity contribution >= 4 is 51.9 Å². The first-order valence-corrected chi connectivity index (χ1v) is 19.9. The molecule has 4 N–H and O–H groups in total. The number of benzene rings is 2. The Bertz CT molecular complexity index is 2490. The number of phenols is 1. The second kappa shape index (κ2) is 17.9. The predicted molar refractivity (Wildman–Crippen MR) is 213 cm³/mol. The number of pyridine rings is 1. The highest BCUT2D eigenvalue weighted by Crippen LogP contribution is 2.33. The summed E-state index contributed by atoms with van der Waals surface area (Å²) in [5.41, 5.74) is 2.34. The summed E-state index contributed by atoms with van der Waals surface area (Å²) in [4.78, 5) is 67.6. The Hall–Kier alpha value is -6.24. The number of rotatable bonds is 10. The second-order valence-electron chi connectivity index (χ2n) is 15.5. The zero-order valence-corrected chi connectivity index (χ0v) is 33.0. The molecule has 1 aliphatic carbocycles. The molecule has 2 saturated heterocycles. The lowest BCUT2D eigenvalue weighted by atomic mass is 9.86. The van der Waals surface area contributed by atoms with Crippen molar-refractivity contribution in [3.8, 4) is 5.75 Å². The molecule has 16 nitrogen and oxygen atoms in total. The van der Waals surface area contributed by atoms with Gasteiger partial charge in [-0.05, 0) is 87.2 Å². The Labute approximate surface area is 341 Å². The van der Waals surface area contributed by atoms with E-state index in [2.05, 4.69) is 32.7 Å². The van der Waals surface area contributed by atoms with Gasteiger partial charge in [-0.1, -0.05) is 6.07 Å². The molecule has 1 saturated carbocycles. The number of amides is 3. The number of phenolic OH excluding ortho intramolecular Hbond substituents is 1. The Balaban J connectivity index is 0.00000176. The van der Waals surface area contributed by atoms with Crippen LogP contribution >= 0.6 is 0 Å². The fourth-order valence-electron chi connectivity index (χ4n) is 8.49. The van der Waals surface area contributed by atoms with Crippen LogP contribution in [0.2, 0.25) is 0 Å². The molecule has 3 fully saturated rings. The van der Waals surface area contributed by atoms with E-state index in [1.807, 2.05) is 29.1 Å². The van der Waals surface area contributed by atoms with Gasteiger partial charge in [0.05, 0.1) is 28.8 Å². The third-order valence-corrected chi connectivity index (χ3v) is 11.8. The van der Waals surface area contributed by atoms with Gasteiger partial charge in [-0.15, -0.1) is 0 Å². The molecule has 0 unspecified atom stereocenters. The van der Waals surface area contributed by atoms with Gasteiger partial charge in [0.25, 0.3) is 12.4 Å². The summed E-state index contributed by atoms with van der Waals surface area (Å²) in [6.45, 7) is 4.43. The van der Waals surface area contributed by atoms with Gasteiger partial charge in [-0.25, -0.2) is 18.6 Å². The number of carbonyl (C=O) groups is 4. The van der Waals surface area contributed by atoms with Crippen molar-refractivity contribution in [2.75, 3.05) is 44.2 Å². The summed E-state index contributed by atoms with van der Waals surface area (Å²) in [7, 11) is 1.71. The van der Waals surface area contributed by atoms with Crippen molar-refractivity contribution in [2.24, 2.45) is 13.0 Å². The quantitative estimate of drug-likeness (QED) is 0.0908. The second-order valence-corrected chi connectivity index (χ2v) is 15.5. The van der Waals surface area contributed by atoms with Gasteiger partial charge in [0.1, 0.15) is 17.4 Å². The molecular formula is C41H46F3N9O7. The number of aromatic nitrogens is 5. The minimum Gasteiger partial charge on any atom is -0.503 e. The molecular weight excluding hydrogens is 788 g/mol. The van der Waals surface area contributed by atoms with E-state index in [1.165, 1.54) is 4.57 Å². The predicted octanol–water partition coefficient (Wildman–Crippen LogP) is 3.80. The number of halogens is 3. The van der Waals surface area contributed by atoms with E-state index in [-0.39, 0.29) is 43.0 Å². The number of aryl methyl sites for hydroxylation is 2. The van der Waals surface area contributed by atoms with E-state index in [0.29, 0.717) is 18.0 Å². The van der Waals surface area contributed by atoms with Crippen LogP contribution in [0.5, 0.6) is 5.75 Å². The van der Waals surface area contributed by atoms with E-state index in [9.17, 15) is 37.5 Å². The van der Waals surface area contributed by atoms with Gasteiger partial charge in [0.15, 0.2) is 17.4 Å². The number of nitrogens with one attached hydrogen (secondary N) is 2. The first-order valence-electron chi connectivity index (χ1n) is 19.9. The number of carboxylic acid groups (broad SMARTS) is 1. The summed E-state index contributed by atoms with van der Waals surface area (Å²) in [5.74, 6) is -6.87. The number of anilines is 1. The lowest BCUT2D eigenvalue weighted by molar-refractivity contribution is -0.135. The zero-order chi connectivity index (χ0) is 42.7. The molecule has 5 aromatic rings. The standard InChI is InChI=1S/C40H44F3N9O5.CH2O2/c1-48-32-17-23(6-9-30(32)52(40(48)57)31-10-11-34(53)46-39(31)56)3-2-12-49-13-15-50(16-14-49)33-18-25-22-51(47-29(25)21-44-33)26-7-4-24(5-8-26)20-45-38(55)27-19-28(41)37(54)36(43)35(27)42;2-1-3/h6,9,17-19,21-22,24,26,31,54H,2-5,7-8,10-16,20H2,1H3,(H,45,55)(H,46,53,56);1H,(H,2,3)/t24?,26?,31-;/m1./s1. The van der Waals surface area contributed by atoms with Crippen molar-refractivity contribution in [3.63, 3.8) is 0 Å². The number of nitrogens with zero attached hydrogens (tertiary/aromatic N) is 7. The average molecular weight is 834 g/mol. The van der Waals surface area contributed by atoms with Crippen LogP contribution in [-0.4, -0.2) is 102 Å². The molecule has 8 rings (SSSR count). The van der Waals surface area contributed by atoms with Crippen LogP contribution in [0.1, 0.15) is 73.0 Å². The van der Waals surface area contributed by atoms with Crippen LogP contribution in [0.4, 0.5) is 19.0 Å². The maximum atomic E-state index is 14.1. The highest BCUT2D eigenvalue weighted by molar-refractivity contribution is 6.00. The molecule has 19 heteroatoms. The molecule has 0 radical (unpaired) electrons. The van der Waals surface area contributed by atoms with Gasteiger partial charge in [-0.3, -0.25) is 43.2 Å². The fraction of sp³-hybridized carbons (Fsp3) is 0.439. The Morgan fingerprint density at radius 2 is 1.72 bits per heavy atom. The maximum absolute atomic E-state index is 14.1. The van der Waals surface area contributed by atoms with Crippen molar-refractivity contribution in [1.82, 2.24) is 39.4 Å². The van der Waals surface area contributed by atoms with E-state index in [1.54, 1.807) is 11.6 Å². The van der Waals surface area contributed by atoms with Crippen molar-refractivity contribution < 1.29 is 42.6 Å². The summed E-state index contributed by atoms with van der Waals surface area (Å²) < 4.78 is 46.6. The van der Waals surface area contributed by atoms with E-state index >= 15 is 0 Å². The number of imidazole rings is 1. The molecule has 1 atom stereocenters. The van der Waals surface area contributed by atoms with E-state index in [4.69, 9.17) is 20.0 Å². The minimum absolute atomic E-state index is 0.116. The summed E-state index contributed by atoms with van der Waals surface area (Å²) >= 11 is 0. The number of piperidine rings is 1. The van der Waals surface area contributed by atoms with Crippen LogP contribution < -0.4 is 21.2 Å². The largest absolute Gasteiger partial charge is 0.503 e. The van der Waals surface area contributed by atoms with Crippen LogP contribution in [-0.2, 0) is 27.9 Å². The molecule has 0 spiro atoms. The minimum atomic E-state index is -1.78. The third-order valence-electron chi connectivity index (χ3n) is 11.8. The van der Waals surface area contributed by atoms with Gasteiger partial charge < -0.3 is 20.4 Å². The fourth-order valence-corrected chi connectivity index (χ4v) is 8.49. The maximum Gasteiger partial charge on any atom is 0.329 e. The van der Waals surface area contributed by atoms with Crippen LogP contribution in [0.3, 0.4) is 0 Å². The number of hydrogen-bond acceptors (Lipinski definition) is 10. The van der Waals surface area contributed by atoms with Crippen molar-refractivity contribution in [3.05, 3.63) is 81.8 Å². The lowest BCUT2D eigenvalue weighted by Crippen LogP contribution is -2.47. The Morgan fingerprint density at radius 1 is 0.983 bits per heavy atom. The number of hydrogen-bond donors (Lipinski definition) is 4. The molecule has 5 heterocycles. The van der Waals surface area contributed by atoms with Gasteiger partial charge >= 0.3 is 5.69 Å². The molecule has 2 aromatic carbocycles. The summed E-state index contributed by atoms with van der Waals surface area (Å²) in [5, 5.41) is 26.9. The number of aromatic hydroxyl groups is 1. The molecule has 3 amide bonds. The number of imide groups is 1. The lowest BCUT2D eigenvalue weighted by Gasteiger charge is -2.35. The first kappa shape index (κ1) is 41.9. The number of carbonyl (C=O) groups excluding carboxylic acids is 3. The molecule has 60 heavy (non-hydrogen) atoms. The smallest absolute Gasteiger partial charge is 0.329 e. The summed E-state index contributed by atoms with van der Waals surface area (Å²) in [6.07, 6.45) is 9.39. The first-order chi connectivity index (χ1) is 28.9. The molecule has 318 valence electrons. The Morgan fingerprint density at radius 3 is 2.43 bits per heavy atom. The Kier molecular flexibility index (Phi) is 12.5. The summed E-state index contributed by atoms with van der Waals surface area (Å²) in [6, 6.07) is 7.99. The van der Waals surface area contributed by atoms with E-state index < -0.39 is 46.6 Å². The van der Waals surface area contributed by atoms with E-state index in [0.717, 1.165) is 99.0 Å². The highest BCUT2D eigenvalue weighted by atomic mass is 19.2. The van der Waals surface area contributed by atoms with Gasteiger partial charge in [0, 0.05) is 57.8 Å². The SMILES string of the molecule is Cn1c(=O)n([C@@H]2CCC(=O)NC2=O)c2ccc(CCCN3CCN(c4cc5cn(C6CCC(CNC(=O)c7cc(F)c(O)c(F)c7F)CC6)nc5cn4)CC3)cc21.O=CO. The molecule has 2 aliphatic heterocycles. The van der Waals surface area contributed by atoms with Crippen LogP contribution in [0.25, 0.3) is 21.9 Å². The van der Waals surface area contributed by atoms with Crippen LogP contribution in [0.15, 0.2) is 47.5 Å². The van der Waals surface area contributed by atoms with Crippen molar-refractivity contribution in [2.45, 2.75) is 63.5 Å².